The minimum absolute atomic E-state index is 0.00453. The lowest BCUT2D eigenvalue weighted by atomic mass is 9.82. The third-order valence-corrected chi connectivity index (χ3v) is 10.3. The van der Waals surface area contributed by atoms with E-state index in [1.807, 2.05) is 13.8 Å². The first-order chi connectivity index (χ1) is 23.0. The quantitative estimate of drug-likeness (QED) is 0.169. The molecule has 264 valence electrons. The number of ether oxygens (including phenoxy) is 4. The molecule has 15 nitrogen and oxygen atoms in total. The van der Waals surface area contributed by atoms with E-state index in [0.717, 1.165) is 25.7 Å². The van der Waals surface area contributed by atoms with E-state index >= 15 is 0 Å². The van der Waals surface area contributed by atoms with Crippen LogP contribution in [-0.4, -0.2) is 88.3 Å². The number of rotatable bonds is 15. The summed E-state index contributed by atoms with van der Waals surface area (Å²) in [5, 5.41) is 20.1. The number of benzene rings is 1. The van der Waals surface area contributed by atoms with Crippen LogP contribution in [0.4, 0.5) is 9.59 Å². The van der Waals surface area contributed by atoms with Crippen molar-refractivity contribution in [3.63, 3.8) is 0 Å². The lowest BCUT2D eigenvalue weighted by molar-refractivity contribution is 0.0150. The van der Waals surface area contributed by atoms with Gasteiger partial charge in [-0.25, -0.2) is 18.0 Å². The second-order valence-electron chi connectivity index (χ2n) is 12.4. The molecule has 48 heavy (non-hydrogen) atoms. The summed E-state index contributed by atoms with van der Waals surface area (Å²) in [6.45, 7) is 4.42. The fourth-order valence-corrected chi connectivity index (χ4v) is 7.62. The molecule has 1 saturated carbocycles. The van der Waals surface area contributed by atoms with E-state index in [2.05, 4.69) is 16.0 Å². The largest absolute Gasteiger partial charge is 0.454 e. The number of amides is 3. The van der Waals surface area contributed by atoms with Crippen molar-refractivity contribution >= 4 is 33.3 Å². The molecule has 0 unspecified atom stereocenters. The van der Waals surface area contributed by atoms with Crippen LogP contribution in [0.15, 0.2) is 50.5 Å². The smallest absolute Gasteiger partial charge is 0.413 e. The zero-order valence-corrected chi connectivity index (χ0v) is 28.1. The Balaban J connectivity index is 1.27. The number of nitrogens with zero attached hydrogens (tertiary/aromatic N) is 1. The molecular formula is C32H44N4O11S. The molecular weight excluding hydrogens is 648 g/mol. The molecule has 0 spiro atoms. The van der Waals surface area contributed by atoms with Crippen LogP contribution >= 0.6 is 0 Å². The van der Waals surface area contributed by atoms with E-state index in [1.165, 1.54) is 29.0 Å². The van der Waals surface area contributed by atoms with Gasteiger partial charge >= 0.3 is 17.9 Å². The molecule has 1 aromatic carbocycles. The predicted octanol–water partition coefficient (Wildman–Crippen LogP) is 3.81. The molecule has 4 N–H and O–H groups in total. The number of urea groups is 1. The van der Waals surface area contributed by atoms with Crippen LogP contribution in [0.3, 0.4) is 0 Å². The number of carbonyl (C=O) groups excluding carboxylic acids is 2. The highest BCUT2D eigenvalue weighted by molar-refractivity contribution is 7.89. The summed E-state index contributed by atoms with van der Waals surface area (Å²) >= 11 is 0. The van der Waals surface area contributed by atoms with E-state index in [9.17, 15) is 23.1 Å². The van der Waals surface area contributed by atoms with Crippen LogP contribution in [0, 0.1) is 11.8 Å². The topological polar surface area (TPSA) is 191 Å². The summed E-state index contributed by atoms with van der Waals surface area (Å²) in [4.78, 5) is 24.5. The number of nitrogens with one attached hydrogen (secondary N) is 3. The number of aliphatic hydroxyl groups excluding tert-OH is 1. The minimum atomic E-state index is -4.07. The monoisotopic (exact) mass is 692 g/mol. The number of hydrogen-bond acceptors (Lipinski definition) is 11. The molecule has 3 amide bonds. The number of hydrogen-bond donors (Lipinski definition) is 4. The number of fused-ring (bicyclic) bond motifs is 2. The van der Waals surface area contributed by atoms with Gasteiger partial charge in [-0.15, -0.1) is 0 Å². The first-order valence-electron chi connectivity index (χ1n) is 16.1. The van der Waals surface area contributed by atoms with E-state index in [0.29, 0.717) is 36.5 Å². The van der Waals surface area contributed by atoms with Gasteiger partial charge in [-0.1, -0.05) is 13.8 Å². The lowest BCUT2D eigenvalue weighted by Gasteiger charge is -2.34. The summed E-state index contributed by atoms with van der Waals surface area (Å²) in [7, 11) is -2.52. The van der Waals surface area contributed by atoms with Crippen molar-refractivity contribution in [1.82, 2.24) is 20.3 Å². The zero-order chi connectivity index (χ0) is 34.3. The normalized spacial score (nSPS) is 19.0. The Hall–Kier alpha value is -3.99. The number of aliphatic hydroxyl groups is 1. The fraction of sp³-hybridized carbons (Fsp3) is 0.562. The van der Waals surface area contributed by atoms with Gasteiger partial charge in [0.2, 0.25) is 16.8 Å². The SMILES string of the molecule is CNC(=O)NCCOC1CCC(C[C@H](NC(=O)Oc2coc3occc23)[C@H](O)CN(CC(C)C)S(=O)(=O)c2ccc3c(c2)OCO3)CC1. The first kappa shape index (κ1) is 35.3. The average molecular weight is 693 g/mol. The van der Waals surface area contributed by atoms with Gasteiger partial charge in [-0.05, 0) is 62.1 Å². The summed E-state index contributed by atoms with van der Waals surface area (Å²) in [5.41, 5.74) is 0. The zero-order valence-electron chi connectivity index (χ0n) is 27.3. The maximum Gasteiger partial charge on any atom is 0.413 e. The van der Waals surface area contributed by atoms with Crippen LogP contribution < -0.4 is 30.2 Å². The molecule has 3 heterocycles. The Kier molecular flexibility index (Phi) is 11.7. The van der Waals surface area contributed by atoms with Gasteiger partial charge in [0.05, 0.1) is 36.0 Å². The van der Waals surface area contributed by atoms with Gasteiger partial charge in [0, 0.05) is 32.7 Å². The Morgan fingerprint density at radius 2 is 1.83 bits per heavy atom. The van der Waals surface area contributed by atoms with Gasteiger partial charge in [0.15, 0.2) is 17.2 Å². The molecule has 1 fully saturated rings. The second kappa shape index (κ2) is 15.9. The van der Waals surface area contributed by atoms with E-state index < -0.39 is 28.3 Å². The molecule has 2 atom stereocenters. The van der Waals surface area contributed by atoms with Gasteiger partial charge in [0.1, 0.15) is 11.6 Å². The van der Waals surface area contributed by atoms with Crippen molar-refractivity contribution in [2.24, 2.45) is 11.8 Å². The van der Waals surface area contributed by atoms with Crippen LogP contribution in [0.25, 0.3) is 11.2 Å². The van der Waals surface area contributed by atoms with Crippen molar-refractivity contribution in [3.8, 4) is 17.2 Å². The standard InChI is InChI=1S/C32H44N4O11S/c1-20(2)16-36(48(40,41)23-8-9-27-28(15-23)46-19-45-27)17-26(37)25(35-32(39)47-29-18-44-30-24(29)10-12-43-30)14-21-4-6-22(7-5-21)42-13-11-34-31(38)33-3/h8-10,12,15,18,20-22,25-26,37H,4-7,11,13-14,16-17,19H2,1-3H3,(H,35,39)(H2,33,34,38)/t21?,22?,25-,26+/m0/s1. The average Bonchev–Trinajstić information content (AvgIpc) is 3.81. The van der Waals surface area contributed by atoms with Crippen LogP contribution in [0.1, 0.15) is 46.0 Å². The summed E-state index contributed by atoms with van der Waals surface area (Å²) in [6.07, 6.45) is 4.06. The van der Waals surface area contributed by atoms with Crippen LogP contribution in [0.5, 0.6) is 17.2 Å². The van der Waals surface area contributed by atoms with Gasteiger partial charge < -0.3 is 48.8 Å². The molecule has 5 rings (SSSR count). The molecule has 3 aromatic rings. The molecule has 1 aliphatic carbocycles. The third kappa shape index (κ3) is 8.92. The summed E-state index contributed by atoms with van der Waals surface area (Å²) < 4.78 is 61.7. The third-order valence-electron chi connectivity index (χ3n) is 8.43. The molecule has 0 radical (unpaired) electrons. The van der Waals surface area contributed by atoms with Gasteiger partial charge in [-0.3, -0.25) is 0 Å². The van der Waals surface area contributed by atoms with E-state index in [1.54, 1.807) is 19.2 Å². The number of furan rings is 2. The van der Waals surface area contributed by atoms with Gasteiger partial charge in [0.25, 0.3) is 0 Å². The van der Waals surface area contributed by atoms with Crippen LogP contribution in [0.2, 0.25) is 0 Å². The highest BCUT2D eigenvalue weighted by atomic mass is 32.2. The summed E-state index contributed by atoms with van der Waals surface area (Å²) in [5.74, 6) is 1.20. The Morgan fingerprint density at radius 3 is 2.58 bits per heavy atom. The second-order valence-corrected chi connectivity index (χ2v) is 14.4. The van der Waals surface area contributed by atoms with E-state index in [4.69, 9.17) is 27.8 Å². The van der Waals surface area contributed by atoms with Crippen molar-refractivity contribution in [1.29, 1.82) is 0 Å². The van der Waals surface area contributed by atoms with Crippen molar-refractivity contribution in [2.45, 2.75) is 69.1 Å². The number of sulfonamides is 1. The Labute approximate surface area is 279 Å². The highest BCUT2D eigenvalue weighted by Crippen LogP contribution is 2.35. The lowest BCUT2D eigenvalue weighted by Crippen LogP contribution is -2.51. The first-order valence-corrected chi connectivity index (χ1v) is 17.6. The van der Waals surface area contributed by atoms with Crippen molar-refractivity contribution in [3.05, 3.63) is 36.8 Å². The summed E-state index contributed by atoms with van der Waals surface area (Å²) in [6, 6.07) is 4.91. The Bertz CT molecular complexity index is 1630. The molecule has 2 aromatic heterocycles. The fourth-order valence-electron chi connectivity index (χ4n) is 5.98. The van der Waals surface area contributed by atoms with Crippen LogP contribution in [-0.2, 0) is 14.8 Å². The van der Waals surface area contributed by atoms with E-state index in [-0.39, 0.29) is 60.3 Å². The van der Waals surface area contributed by atoms with Crippen molar-refractivity contribution < 1.29 is 50.9 Å². The number of carbonyl (C=O) groups is 2. The molecule has 0 bridgehead atoms. The highest BCUT2D eigenvalue weighted by Gasteiger charge is 2.34. The molecule has 2 aliphatic rings. The van der Waals surface area contributed by atoms with Gasteiger partial charge in [-0.2, -0.15) is 4.31 Å². The maximum atomic E-state index is 13.9. The maximum absolute atomic E-state index is 13.9. The Morgan fingerprint density at radius 1 is 1.06 bits per heavy atom. The molecule has 16 heteroatoms. The molecule has 0 saturated heterocycles. The predicted molar refractivity (Wildman–Crippen MR) is 172 cm³/mol. The van der Waals surface area contributed by atoms with Crippen molar-refractivity contribution in [2.75, 3.05) is 40.1 Å². The minimum Gasteiger partial charge on any atom is -0.454 e. The molecule has 1 aliphatic heterocycles.